The lowest BCUT2D eigenvalue weighted by Crippen LogP contribution is -2.50. The van der Waals surface area contributed by atoms with E-state index >= 15 is 0 Å². The van der Waals surface area contributed by atoms with Crippen LogP contribution < -0.4 is 10.6 Å². The SMILES string of the molecule is NC(=O)C(Cl)(Cl)C(=O)N(CCO)c1cccc(-c2cc(-c3c(Cl)cccc3Cl)no2)c1. The zero-order valence-corrected chi connectivity index (χ0v) is 18.7. The monoisotopic (exact) mass is 501 g/mol. The molecule has 1 aromatic heterocycles. The summed E-state index contributed by atoms with van der Waals surface area (Å²) in [7, 11) is 0. The van der Waals surface area contributed by atoms with E-state index in [0.29, 0.717) is 38.3 Å². The lowest BCUT2D eigenvalue weighted by Gasteiger charge is -2.27. The fraction of sp³-hybridized carbons (Fsp3) is 0.150. The van der Waals surface area contributed by atoms with Gasteiger partial charge in [0.1, 0.15) is 5.69 Å². The lowest BCUT2D eigenvalue weighted by atomic mass is 10.1. The van der Waals surface area contributed by atoms with Crippen molar-refractivity contribution in [3.05, 3.63) is 58.6 Å². The summed E-state index contributed by atoms with van der Waals surface area (Å²) in [5.74, 6) is -1.85. The molecule has 162 valence electrons. The van der Waals surface area contributed by atoms with Gasteiger partial charge in [0.15, 0.2) is 5.76 Å². The minimum Gasteiger partial charge on any atom is -0.395 e. The third-order valence-corrected chi connectivity index (χ3v) is 5.64. The number of nitrogens with zero attached hydrogens (tertiary/aromatic N) is 2. The van der Waals surface area contributed by atoms with E-state index in [2.05, 4.69) is 5.16 Å². The molecule has 0 aliphatic rings. The van der Waals surface area contributed by atoms with Crippen LogP contribution in [0, 0.1) is 0 Å². The zero-order valence-electron chi connectivity index (χ0n) is 15.7. The lowest BCUT2D eigenvalue weighted by molar-refractivity contribution is -0.127. The van der Waals surface area contributed by atoms with Crippen molar-refractivity contribution < 1.29 is 19.2 Å². The molecule has 3 N–H and O–H groups in total. The third kappa shape index (κ3) is 4.81. The number of carbonyl (C=O) groups excluding carboxylic acids is 2. The second kappa shape index (κ2) is 9.46. The number of nitrogens with two attached hydrogens (primary N) is 1. The highest BCUT2D eigenvalue weighted by Gasteiger charge is 2.43. The Balaban J connectivity index is 1.99. The number of carbonyl (C=O) groups is 2. The molecule has 1 heterocycles. The number of anilines is 1. The van der Waals surface area contributed by atoms with E-state index in [9.17, 15) is 14.7 Å². The molecule has 31 heavy (non-hydrogen) atoms. The normalized spacial score (nSPS) is 11.4. The number of rotatable bonds is 7. The molecule has 0 saturated heterocycles. The van der Waals surface area contributed by atoms with Crippen LogP contribution in [0.3, 0.4) is 0 Å². The number of primary amides is 1. The number of aliphatic hydroxyl groups is 1. The molecule has 0 fully saturated rings. The van der Waals surface area contributed by atoms with Gasteiger partial charge < -0.3 is 20.3 Å². The number of halogens is 4. The largest absolute Gasteiger partial charge is 0.395 e. The van der Waals surface area contributed by atoms with Crippen molar-refractivity contribution in [2.75, 3.05) is 18.1 Å². The Morgan fingerprint density at radius 1 is 1.10 bits per heavy atom. The van der Waals surface area contributed by atoms with Gasteiger partial charge in [0.2, 0.25) is 0 Å². The molecule has 2 amide bonds. The van der Waals surface area contributed by atoms with E-state index in [1.54, 1.807) is 48.5 Å². The fourth-order valence-corrected chi connectivity index (χ4v) is 3.62. The second-order valence-electron chi connectivity index (χ2n) is 6.34. The Labute approximate surface area is 197 Å². The fourth-order valence-electron chi connectivity index (χ4n) is 2.82. The minimum absolute atomic E-state index is 0.173. The maximum atomic E-state index is 12.7. The van der Waals surface area contributed by atoms with Gasteiger partial charge in [-0.2, -0.15) is 0 Å². The van der Waals surface area contributed by atoms with Crippen molar-refractivity contribution in [3.8, 4) is 22.6 Å². The Bertz CT molecular complexity index is 1110. The minimum atomic E-state index is -2.49. The Morgan fingerprint density at radius 2 is 1.74 bits per heavy atom. The van der Waals surface area contributed by atoms with E-state index in [1.807, 2.05) is 0 Å². The van der Waals surface area contributed by atoms with E-state index in [0.717, 1.165) is 4.90 Å². The van der Waals surface area contributed by atoms with Crippen molar-refractivity contribution in [2.24, 2.45) is 5.73 Å². The number of aromatic nitrogens is 1. The quantitative estimate of drug-likeness (QED) is 0.369. The van der Waals surface area contributed by atoms with Crippen molar-refractivity contribution >= 4 is 63.9 Å². The van der Waals surface area contributed by atoms with Gasteiger partial charge in [-0.15, -0.1) is 0 Å². The van der Waals surface area contributed by atoms with Gasteiger partial charge in [0.05, 0.1) is 16.7 Å². The van der Waals surface area contributed by atoms with E-state index in [-0.39, 0.29) is 6.54 Å². The van der Waals surface area contributed by atoms with Crippen LogP contribution in [0.5, 0.6) is 0 Å². The summed E-state index contributed by atoms with van der Waals surface area (Å²) < 4.78 is 2.93. The van der Waals surface area contributed by atoms with Crippen LogP contribution in [0.4, 0.5) is 5.69 Å². The number of amides is 2. The van der Waals surface area contributed by atoms with Crippen LogP contribution in [-0.2, 0) is 9.59 Å². The first-order chi connectivity index (χ1) is 14.7. The van der Waals surface area contributed by atoms with Crippen LogP contribution in [0.2, 0.25) is 10.0 Å². The standard InChI is InChI=1S/C20H15Cl4N3O4/c21-13-5-2-6-14(22)17(13)15-10-16(31-26-15)11-3-1-4-12(9-11)27(7-8-28)19(30)20(23,24)18(25)29/h1-6,9-10,28H,7-8H2,(H2,25,29). The van der Waals surface area contributed by atoms with Crippen molar-refractivity contribution in [3.63, 3.8) is 0 Å². The third-order valence-electron chi connectivity index (χ3n) is 4.32. The number of benzene rings is 2. The first-order valence-corrected chi connectivity index (χ1v) is 10.3. The highest BCUT2D eigenvalue weighted by molar-refractivity contribution is 6.68. The first kappa shape index (κ1) is 23.4. The molecular formula is C20H15Cl4N3O4. The highest BCUT2D eigenvalue weighted by Crippen LogP contribution is 2.36. The molecule has 7 nitrogen and oxygen atoms in total. The second-order valence-corrected chi connectivity index (χ2v) is 8.48. The van der Waals surface area contributed by atoms with E-state index in [4.69, 9.17) is 56.7 Å². The number of aliphatic hydroxyl groups excluding tert-OH is 1. The van der Waals surface area contributed by atoms with Gasteiger partial charge in [-0.25, -0.2) is 0 Å². The summed E-state index contributed by atoms with van der Waals surface area (Å²) in [5, 5.41) is 14.2. The van der Waals surface area contributed by atoms with Gasteiger partial charge in [0, 0.05) is 29.4 Å². The maximum absolute atomic E-state index is 12.7. The zero-order chi connectivity index (χ0) is 22.8. The molecular weight excluding hydrogens is 488 g/mol. The molecule has 0 bridgehead atoms. The maximum Gasteiger partial charge on any atom is 0.273 e. The van der Waals surface area contributed by atoms with Gasteiger partial charge in [0.25, 0.3) is 16.1 Å². The predicted molar refractivity (Wildman–Crippen MR) is 120 cm³/mol. The van der Waals surface area contributed by atoms with Crippen molar-refractivity contribution in [1.82, 2.24) is 5.16 Å². The average molecular weight is 503 g/mol. The van der Waals surface area contributed by atoms with E-state index < -0.39 is 22.8 Å². The molecule has 0 spiro atoms. The van der Waals surface area contributed by atoms with E-state index in [1.165, 1.54) is 0 Å². The Morgan fingerprint density at radius 3 is 2.35 bits per heavy atom. The molecule has 0 aliphatic carbocycles. The number of alkyl halides is 2. The molecule has 0 aliphatic heterocycles. The van der Waals surface area contributed by atoms with Crippen LogP contribution >= 0.6 is 46.4 Å². The van der Waals surface area contributed by atoms with Gasteiger partial charge in [-0.05, 0) is 24.3 Å². The molecule has 3 rings (SSSR count). The Hall–Kier alpha value is -2.29. The number of hydrogen-bond acceptors (Lipinski definition) is 5. The molecule has 0 radical (unpaired) electrons. The molecule has 0 saturated carbocycles. The van der Waals surface area contributed by atoms with Crippen molar-refractivity contribution in [1.29, 1.82) is 0 Å². The molecule has 3 aromatic rings. The average Bonchev–Trinajstić information content (AvgIpc) is 3.21. The summed E-state index contributed by atoms with van der Waals surface area (Å²) in [4.78, 5) is 25.2. The summed E-state index contributed by atoms with van der Waals surface area (Å²) in [6, 6.07) is 13.2. The Kier molecular flexibility index (Phi) is 7.13. The van der Waals surface area contributed by atoms with Crippen LogP contribution in [0.25, 0.3) is 22.6 Å². The summed E-state index contributed by atoms with van der Waals surface area (Å²) >= 11 is 24.1. The van der Waals surface area contributed by atoms with Gasteiger partial charge in [-0.1, -0.05) is 69.8 Å². The predicted octanol–water partition coefficient (Wildman–Crippen LogP) is 4.30. The number of hydrogen-bond donors (Lipinski definition) is 2. The molecule has 0 unspecified atom stereocenters. The summed E-state index contributed by atoms with van der Waals surface area (Å²) in [6.07, 6.45) is 0. The first-order valence-electron chi connectivity index (χ1n) is 8.79. The molecule has 2 aromatic carbocycles. The molecule has 0 atom stereocenters. The van der Waals surface area contributed by atoms with Crippen LogP contribution in [0.15, 0.2) is 53.1 Å². The van der Waals surface area contributed by atoms with Crippen LogP contribution in [-0.4, -0.2) is 39.6 Å². The van der Waals surface area contributed by atoms with Gasteiger partial charge >= 0.3 is 0 Å². The summed E-state index contributed by atoms with van der Waals surface area (Å²) in [6.45, 7) is -0.580. The topological polar surface area (TPSA) is 110 Å². The highest BCUT2D eigenvalue weighted by atomic mass is 35.5. The molecule has 11 heteroatoms. The van der Waals surface area contributed by atoms with Gasteiger partial charge in [-0.3, -0.25) is 9.59 Å². The summed E-state index contributed by atoms with van der Waals surface area (Å²) in [5.41, 5.74) is 6.92. The smallest absolute Gasteiger partial charge is 0.273 e. The van der Waals surface area contributed by atoms with Crippen molar-refractivity contribution in [2.45, 2.75) is 4.33 Å². The van der Waals surface area contributed by atoms with Crippen LogP contribution in [0.1, 0.15) is 0 Å².